The molecule has 1 amide bonds. The molecule has 0 spiro atoms. The van der Waals surface area contributed by atoms with Crippen molar-refractivity contribution in [2.45, 2.75) is 19.6 Å². The number of carbonyl (C=O) groups is 1. The Hall–Kier alpha value is -4.39. The Labute approximate surface area is 191 Å². The highest BCUT2D eigenvalue weighted by atomic mass is 16.5. The van der Waals surface area contributed by atoms with Crippen molar-refractivity contribution in [1.82, 2.24) is 14.8 Å². The van der Waals surface area contributed by atoms with Crippen molar-refractivity contribution in [3.8, 4) is 17.1 Å². The highest BCUT2D eigenvalue weighted by Crippen LogP contribution is 2.37. The van der Waals surface area contributed by atoms with Crippen LogP contribution in [0.4, 0.5) is 5.95 Å². The van der Waals surface area contributed by atoms with Crippen molar-refractivity contribution in [2.75, 3.05) is 5.32 Å². The van der Waals surface area contributed by atoms with E-state index in [2.05, 4.69) is 10.3 Å². The maximum absolute atomic E-state index is 12.5. The number of ether oxygens (including phenoxy) is 1. The lowest BCUT2D eigenvalue weighted by molar-refractivity contribution is -0.115. The summed E-state index contributed by atoms with van der Waals surface area (Å²) >= 11 is 0. The minimum absolute atomic E-state index is 0.437. The largest absolute Gasteiger partial charge is 0.489 e. The third kappa shape index (κ3) is 4.08. The van der Waals surface area contributed by atoms with Crippen LogP contribution in [0, 0.1) is 0 Å². The Bertz CT molecular complexity index is 1330. The smallest absolute Gasteiger partial charge is 0.248 e. The summed E-state index contributed by atoms with van der Waals surface area (Å²) in [5, 5.41) is 7.91. The zero-order chi connectivity index (χ0) is 22.8. The van der Waals surface area contributed by atoms with Gasteiger partial charge in [0.15, 0.2) is 5.82 Å². The highest BCUT2D eigenvalue weighted by molar-refractivity contribution is 5.95. The van der Waals surface area contributed by atoms with Crippen LogP contribution in [0.1, 0.15) is 24.1 Å². The third-order valence-electron chi connectivity index (χ3n) is 5.57. The molecule has 4 aromatic rings. The van der Waals surface area contributed by atoms with Gasteiger partial charge in [0.05, 0.1) is 5.57 Å². The van der Waals surface area contributed by atoms with Crippen LogP contribution in [-0.4, -0.2) is 20.7 Å². The number of nitrogens with two attached hydrogens (primary N) is 1. The van der Waals surface area contributed by atoms with E-state index in [-0.39, 0.29) is 0 Å². The molecule has 0 aliphatic carbocycles. The molecule has 2 heterocycles. The van der Waals surface area contributed by atoms with Gasteiger partial charge in [-0.2, -0.15) is 4.98 Å². The van der Waals surface area contributed by atoms with Gasteiger partial charge in [-0.1, -0.05) is 72.8 Å². The Balaban J connectivity index is 1.53. The van der Waals surface area contributed by atoms with Crippen LogP contribution in [0.2, 0.25) is 0 Å². The number of benzene rings is 3. The summed E-state index contributed by atoms with van der Waals surface area (Å²) in [5.41, 5.74) is 9.69. The standard InChI is InChI=1S/C26H23N5O2/c1-17-22(24(27)32)23(31-26(28-17)29-25(30-31)19-11-6-3-7-12-19)20-13-8-14-21(15-20)33-16-18-9-4-2-5-10-18/h2-15,23H,16H2,1H3,(H2,27,32)(H,28,29,30). The van der Waals surface area contributed by atoms with Crippen molar-refractivity contribution in [3.63, 3.8) is 0 Å². The first kappa shape index (κ1) is 20.5. The molecular weight excluding hydrogens is 414 g/mol. The number of nitrogens with one attached hydrogen (secondary N) is 1. The van der Waals surface area contributed by atoms with E-state index in [1.54, 1.807) is 4.68 Å². The van der Waals surface area contributed by atoms with E-state index in [4.69, 9.17) is 15.6 Å². The van der Waals surface area contributed by atoms with Gasteiger partial charge in [0.25, 0.3) is 0 Å². The van der Waals surface area contributed by atoms with Gasteiger partial charge < -0.3 is 15.8 Å². The summed E-state index contributed by atoms with van der Waals surface area (Å²) in [6.45, 7) is 2.27. The van der Waals surface area contributed by atoms with Gasteiger partial charge in [-0.3, -0.25) is 4.79 Å². The Morgan fingerprint density at radius 1 is 1.03 bits per heavy atom. The summed E-state index contributed by atoms with van der Waals surface area (Å²) in [5.74, 6) is 1.30. The van der Waals surface area contributed by atoms with Crippen LogP contribution in [0.15, 0.2) is 96.2 Å². The number of hydrogen-bond donors (Lipinski definition) is 2. The summed E-state index contributed by atoms with van der Waals surface area (Å²) in [6, 6.07) is 26.8. The number of amides is 1. The van der Waals surface area contributed by atoms with E-state index in [1.165, 1.54) is 0 Å². The lowest BCUT2D eigenvalue weighted by Gasteiger charge is -2.27. The first-order valence-electron chi connectivity index (χ1n) is 10.7. The SMILES string of the molecule is CC1=C(C(N)=O)C(c2cccc(OCc3ccccc3)c2)n2nc(-c3ccccc3)nc2N1. The van der Waals surface area contributed by atoms with E-state index in [1.807, 2.05) is 91.9 Å². The van der Waals surface area contributed by atoms with Crippen molar-refractivity contribution < 1.29 is 9.53 Å². The molecule has 33 heavy (non-hydrogen) atoms. The molecule has 1 atom stereocenters. The summed E-state index contributed by atoms with van der Waals surface area (Å²) in [4.78, 5) is 17.1. The molecule has 5 rings (SSSR count). The first-order chi connectivity index (χ1) is 16.1. The molecule has 1 aliphatic rings. The fraction of sp³-hybridized carbons (Fsp3) is 0.115. The van der Waals surface area contributed by atoms with E-state index in [9.17, 15) is 4.79 Å². The van der Waals surface area contributed by atoms with E-state index < -0.39 is 11.9 Å². The molecule has 1 aliphatic heterocycles. The molecule has 1 aromatic heterocycles. The van der Waals surface area contributed by atoms with Crippen LogP contribution >= 0.6 is 0 Å². The van der Waals surface area contributed by atoms with Crippen LogP contribution in [0.3, 0.4) is 0 Å². The number of allylic oxidation sites excluding steroid dienone is 1. The zero-order valence-electron chi connectivity index (χ0n) is 18.1. The maximum atomic E-state index is 12.5. The number of anilines is 1. The zero-order valence-corrected chi connectivity index (χ0v) is 18.1. The Kier molecular flexibility index (Phi) is 5.36. The summed E-state index contributed by atoms with van der Waals surface area (Å²) in [7, 11) is 0. The predicted octanol–water partition coefficient (Wildman–Crippen LogP) is 4.30. The van der Waals surface area contributed by atoms with Crippen LogP contribution < -0.4 is 15.8 Å². The van der Waals surface area contributed by atoms with Gasteiger partial charge in [-0.05, 0) is 30.2 Å². The lowest BCUT2D eigenvalue weighted by Crippen LogP contribution is -2.31. The Morgan fingerprint density at radius 3 is 2.48 bits per heavy atom. The minimum atomic E-state index is -0.524. The number of carbonyl (C=O) groups excluding carboxylic acids is 1. The van der Waals surface area contributed by atoms with Gasteiger partial charge in [0, 0.05) is 11.3 Å². The van der Waals surface area contributed by atoms with Gasteiger partial charge in [-0.15, -0.1) is 5.10 Å². The highest BCUT2D eigenvalue weighted by Gasteiger charge is 2.33. The van der Waals surface area contributed by atoms with Gasteiger partial charge in [-0.25, -0.2) is 4.68 Å². The molecule has 0 saturated heterocycles. The predicted molar refractivity (Wildman–Crippen MR) is 126 cm³/mol. The molecule has 3 aromatic carbocycles. The van der Waals surface area contributed by atoms with Crippen molar-refractivity contribution in [2.24, 2.45) is 5.73 Å². The van der Waals surface area contributed by atoms with Gasteiger partial charge in [0.2, 0.25) is 11.9 Å². The molecule has 0 bridgehead atoms. The summed E-state index contributed by atoms with van der Waals surface area (Å²) < 4.78 is 7.73. The monoisotopic (exact) mass is 437 g/mol. The normalized spacial score (nSPS) is 15.0. The number of primary amides is 1. The second-order valence-corrected chi connectivity index (χ2v) is 7.85. The molecule has 7 nitrogen and oxygen atoms in total. The number of aromatic nitrogens is 3. The number of hydrogen-bond acceptors (Lipinski definition) is 5. The number of rotatable bonds is 6. The minimum Gasteiger partial charge on any atom is -0.489 e. The summed E-state index contributed by atoms with van der Waals surface area (Å²) in [6.07, 6.45) is 0. The van der Waals surface area contributed by atoms with Crippen molar-refractivity contribution >= 4 is 11.9 Å². The molecule has 0 saturated carbocycles. The van der Waals surface area contributed by atoms with Crippen LogP contribution in [0.25, 0.3) is 11.4 Å². The van der Waals surface area contributed by atoms with Crippen molar-refractivity contribution in [1.29, 1.82) is 0 Å². The fourth-order valence-corrected chi connectivity index (χ4v) is 4.00. The molecule has 164 valence electrons. The maximum Gasteiger partial charge on any atom is 0.248 e. The second-order valence-electron chi connectivity index (χ2n) is 7.85. The van der Waals surface area contributed by atoms with E-state index in [0.717, 1.165) is 16.7 Å². The molecule has 3 N–H and O–H groups in total. The molecule has 7 heteroatoms. The average molecular weight is 438 g/mol. The first-order valence-corrected chi connectivity index (χ1v) is 10.7. The second kappa shape index (κ2) is 8.63. The fourth-order valence-electron chi connectivity index (χ4n) is 4.00. The number of fused-ring (bicyclic) bond motifs is 1. The average Bonchev–Trinajstić information content (AvgIpc) is 3.27. The van der Waals surface area contributed by atoms with Gasteiger partial charge >= 0.3 is 0 Å². The molecule has 0 fully saturated rings. The lowest BCUT2D eigenvalue weighted by atomic mass is 9.95. The molecular formula is C26H23N5O2. The molecule has 1 unspecified atom stereocenters. The van der Waals surface area contributed by atoms with Crippen molar-refractivity contribution in [3.05, 3.63) is 107 Å². The topological polar surface area (TPSA) is 95.1 Å². The van der Waals surface area contributed by atoms with Crippen LogP contribution in [0.5, 0.6) is 5.75 Å². The van der Waals surface area contributed by atoms with E-state index in [0.29, 0.717) is 35.4 Å². The number of nitrogens with zero attached hydrogens (tertiary/aromatic N) is 3. The third-order valence-corrected chi connectivity index (χ3v) is 5.57. The molecule has 0 radical (unpaired) electrons. The quantitative estimate of drug-likeness (QED) is 0.469. The van der Waals surface area contributed by atoms with E-state index >= 15 is 0 Å². The van der Waals surface area contributed by atoms with Gasteiger partial charge in [0.1, 0.15) is 18.4 Å². The Morgan fingerprint density at radius 2 is 1.76 bits per heavy atom. The van der Waals surface area contributed by atoms with Crippen LogP contribution in [-0.2, 0) is 11.4 Å².